The molecule has 0 radical (unpaired) electrons. The zero-order valence-corrected chi connectivity index (χ0v) is 11.9. The summed E-state index contributed by atoms with van der Waals surface area (Å²) in [6.45, 7) is 4.62. The van der Waals surface area contributed by atoms with Gasteiger partial charge in [-0.3, -0.25) is 0 Å². The van der Waals surface area contributed by atoms with Crippen LogP contribution in [0.4, 0.5) is 0 Å². The Morgan fingerprint density at radius 3 is 2.68 bits per heavy atom. The minimum Gasteiger partial charge on any atom is -0.317 e. The van der Waals surface area contributed by atoms with E-state index in [-0.39, 0.29) is 0 Å². The van der Waals surface area contributed by atoms with Crippen molar-refractivity contribution < 1.29 is 0 Å². The van der Waals surface area contributed by atoms with Crippen LogP contribution in [0.25, 0.3) is 0 Å². The highest BCUT2D eigenvalue weighted by Gasteiger charge is 2.12. The van der Waals surface area contributed by atoms with Crippen LogP contribution < -0.4 is 10.6 Å². The second-order valence-corrected chi connectivity index (χ2v) is 6.13. The number of benzene rings is 1. The SMILES string of the molecule is c1cc2c(cc1CNCC1CCNCC1)CCCC2. The van der Waals surface area contributed by atoms with Gasteiger partial charge in [0.2, 0.25) is 0 Å². The molecular formula is C17H26N2. The third-order valence-corrected chi connectivity index (χ3v) is 4.63. The van der Waals surface area contributed by atoms with Gasteiger partial charge < -0.3 is 10.6 Å². The molecule has 1 heterocycles. The minimum atomic E-state index is 0.874. The number of aryl methyl sites for hydroxylation is 2. The topological polar surface area (TPSA) is 24.1 Å². The van der Waals surface area contributed by atoms with Gasteiger partial charge in [-0.2, -0.15) is 0 Å². The van der Waals surface area contributed by atoms with Crippen LogP contribution in [-0.4, -0.2) is 19.6 Å². The molecule has 1 aliphatic heterocycles. The number of piperidine rings is 1. The van der Waals surface area contributed by atoms with Crippen molar-refractivity contribution in [3.8, 4) is 0 Å². The minimum absolute atomic E-state index is 0.874. The summed E-state index contributed by atoms with van der Waals surface area (Å²) in [6, 6.07) is 7.11. The Morgan fingerprint density at radius 2 is 1.84 bits per heavy atom. The monoisotopic (exact) mass is 258 g/mol. The molecule has 0 bridgehead atoms. The molecule has 104 valence electrons. The van der Waals surface area contributed by atoms with Crippen LogP contribution in [0.2, 0.25) is 0 Å². The fraction of sp³-hybridized carbons (Fsp3) is 0.647. The Labute approximate surface area is 117 Å². The molecule has 1 saturated heterocycles. The largest absolute Gasteiger partial charge is 0.317 e. The molecule has 2 N–H and O–H groups in total. The number of fused-ring (bicyclic) bond motifs is 1. The van der Waals surface area contributed by atoms with Gasteiger partial charge in [-0.1, -0.05) is 18.2 Å². The highest BCUT2D eigenvalue weighted by atomic mass is 14.9. The summed E-state index contributed by atoms with van der Waals surface area (Å²) in [5.41, 5.74) is 4.66. The zero-order valence-electron chi connectivity index (χ0n) is 11.9. The Hall–Kier alpha value is -0.860. The standard InChI is InChI=1S/C17H26N2/c1-2-4-17-11-15(5-6-16(17)3-1)13-19-12-14-7-9-18-10-8-14/h5-6,11,14,18-19H,1-4,7-10,12-13H2. The van der Waals surface area contributed by atoms with Crippen LogP contribution in [0.3, 0.4) is 0 Å². The molecule has 1 fully saturated rings. The molecule has 2 aliphatic rings. The summed E-state index contributed by atoms with van der Waals surface area (Å²) in [6.07, 6.45) is 7.99. The molecule has 3 rings (SSSR count). The molecule has 0 spiro atoms. The maximum absolute atomic E-state index is 3.65. The molecule has 0 saturated carbocycles. The van der Waals surface area contributed by atoms with Gasteiger partial charge in [0.25, 0.3) is 0 Å². The van der Waals surface area contributed by atoms with Crippen LogP contribution in [0.15, 0.2) is 18.2 Å². The van der Waals surface area contributed by atoms with Crippen molar-refractivity contribution in [2.75, 3.05) is 19.6 Å². The first-order valence-electron chi connectivity index (χ1n) is 7.94. The Balaban J connectivity index is 1.49. The summed E-state index contributed by atoms with van der Waals surface area (Å²) in [7, 11) is 0. The third kappa shape index (κ3) is 3.58. The second kappa shape index (κ2) is 6.53. The van der Waals surface area contributed by atoms with E-state index < -0.39 is 0 Å². The van der Waals surface area contributed by atoms with Gasteiger partial charge in [-0.15, -0.1) is 0 Å². The van der Waals surface area contributed by atoms with E-state index in [0.717, 1.165) is 12.5 Å². The quantitative estimate of drug-likeness (QED) is 0.867. The summed E-state index contributed by atoms with van der Waals surface area (Å²) in [5, 5.41) is 7.08. The first-order chi connectivity index (χ1) is 9.42. The predicted molar refractivity (Wildman–Crippen MR) is 80.4 cm³/mol. The molecular weight excluding hydrogens is 232 g/mol. The van der Waals surface area contributed by atoms with Crippen LogP contribution in [0, 0.1) is 5.92 Å². The number of hydrogen-bond acceptors (Lipinski definition) is 2. The first kappa shape index (κ1) is 13.1. The van der Waals surface area contributed by atoms with Gasteiger partial charge in [0.15, 0.2) is 0 Å². The number of rotatable bonds is 4. The van der Waals surface area contributed by atoms with Crippen LogP contribution in [0.5, 0.6) is 0 Å². The summed E-state index contributed by atoms with van der Waals surface area (Å²) < 4.78 is 0. The zero-order chi connectivity index (χ0) is 12.9. The Kier molecular flexibility index (Phi) is 4.52. The summed E-state index contributed by atoms with van der Waals surface area (Å²) in [5.74, 6) is 0.874. The smallest absolute Gasteiger partial charge is 0.0205 e. The molecule has 1 aromatic rings. The van der Waals surface area contributed by atoms with Crippen molar-refractivity contribution in [3.63, 3.8) is 0 Å². The predicted octanol–water partition coefficient (Wildman–Crippen LogP) is 2.65. The Bertz CT molecular complexity index is 408. The molecule has 0 amide bonds. The van der Waals surface area contributed by atoms with Gasteiger partial charge >= 0.3 is 0 Å². The lowest BCUT2D eigenvalue weighted by Gasteiger charge is -2.23. The summed E-state index contributed by atoms with van der Waals surface area (Å²) in [4.78, 5) is 0. The van der Waals surface area contributed by atoms with Crippen molar-refractivity contribution in [1.82, 2.24) is 10.6 Å². The van der Waals surface area contributed by atoms with Crippen molar-refractivity contribution >= 4 is 0 Å². The van der Waals surface area contributed by atoms with E-state index in [0.29, 0.717) is 0 Å². The molecule has 0 aromatic heterocycles. The van der Waals surface area contributed by atoms with Crippen LogP contribution in [-0.2, 0) is 19.4 Å². The van der Waals surface area contributed by atoms with E-state index in [9.17, 15) is 0 Å². The third-order valence-electron chi connectivity index (χ3n) is 4.63. The highest BCUT2D eigenvalue weighted by molar-refractivity contribution is 5.33. The van der Waals surface area contributed by atoms with E-state index in [4.69, 9.17) is 0 Å². The summed E-state index contributed by atoms with van der Waals surface area (Å²) >= 11 is 0. The average Bonchev–Trinajstić information content (AvgIpc) is 2.48. The maximum Gasteiger partial charge on any atom is 0.0205 e. The van der Waals surface area contributed by atoms with E-state index in [1.165, 1.54) is 63.7 Å². The van der Waals surface area contributed by atoms with Gasteiger partial charge in [0.1, 0.15) is 0 Å². The molecule has 2 heteroatoms. The lowest BCUT2D eigenvalue weighted by Crippen LogP contribution is -2.33. The van der Waals surface area contributed by atoms with E-state index in [2.05, 4.69) is 28.8 Å². The highest BCUT2D eigenvalue weighted by Crippen LogP contribution is 2.22. The number of hydrogen-bond donors (Lipinski definition) is 2. The fourth-order valence-electron chi connectivity index (χ4n) is 3.40. The molecule has 1 aliphatic carbocycles. The normalized spacial score (nSPS) is 20.2. The van der Waals surface area contributed by atoms with Crippen molar-refractivity contribution in [3.05, 3.63) is 34.9 Å². The lowest BCUT2D eigenvalue weighted by molar-refractivity contribution is 0.356. The van der Waals surface area contributed by atoms with Gasteiger partial charge in [-0.05, 0) is 80.8 Å². The van der Waals surface area contributed by atoms with Crippen LogP contribution >= 0.6 is 0 Å². The van der Waals surface area contributed by atoms with Crippen LogP contribution in [0.1, 0.15) is 42.4 Å². The molecule has 19 heavy (non-hydrogen) atoms. The van der Waals surface area contributed by atoms with Crippen molar-refractivity contribution in [1.29, 1.82) is 0 Å². The van der Waals surface area contributed by atoms with E-state index in [1.807, 2.05) is 0 Å². The fourth-order valence-corrected chi connectivity index (χ4v) is 3.40. The van der Waals surface area contributed by atoms with Gasteiger partial charge in [0, 0.05) is 6.54 Å². The number of nitrogens with one attached hydrogen (secondary N) is 2. The average molecular weight is 258 g/mol. The van der Waals surface area contributed by atoms with E-state index in [1.54, 1.807) is 11.1 Å². The molecule has 1 aromatic carbocycles. The van der Waals surface area contributed by atoms with Gasteiger partial charge in [0.05, 0.1) is 0 Å². The molecule has 0 atom stereocenters. The van der Waals surface area contributed by atoms with Crippen molar-refractivity contribution in [2.24, 2.45) is 5.92 Å². The van der Waals surface area contributed by atoms with Crippen molar-refractivity contribution in [2.45, 2.75) is 45.1 Å². The first-order valence-corrected chi connectivity index (χ1v) is 7.94. The molecule has 2 nitrogen and oxygen atoms in total. The maximum atomic E-state index is 3.65. The molecule has 0 unspecified atom stereocenters. The lowest BCUT2D eigenvalue weighted by atomic mass is 9.90. The van der Waals surface area contributed by atoms with Gasteiger partial charge in [-0.25, -0.2) is 0 Å². The second-order valence-electron chi connectivity index (χ2n) is 6.13. The van der Waals surface area contributed by atoms with E-state index >= 15 is 0 Å². The Morgan fingerprint density at radius 1 is 1.05 bits per heavy atom.